The van der Waals surface area contributed by atoms with Crippen molar-refractivity contribution in [2.45, 2.75) is 81.7 Å². The zero-order valence-corrected chi connectivity index (χ0v) is 22.0. The van der Waals surface area contributed by atoms with Crippen LogP contribution >= 0.6 is 0 Å². The fourth-order valence-corrected chi connectivity index (χ4v) is 9.53. The molecule has 2 aliphatic heterocycles. The average molecular weight is 530 g/mol. The molecule has 3 aromatic rings. The topological polar surface area (TPSA) is 104 Å². The number of benzene rings is 1. The Labute approximate surface area is 227 Å². The number of hydrogen-bond donors (Lipinski definition) is 2. The average Bonchev–Trinajstić information content (AvgIpc) is 3.68. The molecule has 1 spiro atoms. The number of aliphatic hydroxyl groups excluding tert-OH is 1. The minimum Gasteiger partial charge on any atom is -0.394 e. The monoisotopic (exact) mass is 529 g/mol. The minimum atomic E-state index is -0.718. The number of aromatic nitrogens is 4. The van der Waals surface area contributed by atoms with Gasteiger partial charge in [-0.15, -0.1) is 0 Å². The van der Waals surface area contributed by atoms with E-state index in [1.54, 1.807) is 12.7 Å². The maximum Gasteiger partial charge on any atom is 0.177 e. The number of anilines is 1. The molecule has 4 saturated carbocycles. The van der Waals surface area contributed by atoms with Crippen LogP contribution in [0.15, 0.2) is 36.9 Å². The molecule has 9 nitrogen and oxygen atoms in total. The van der Waals surface area contributed by atoms with Crippen LogP contribution in [0, 0.1) is 23.2 Å². The predicted octanol–water partition coefficient (Wildman–Crippen LogP) is 3.62. The first-order chi connectivity index (χ1) is 19.1. The highest BCUT2D eigenvalue weighted by atomic mass is 16.8. The van der Waals surface area contributed by atoms with E-state index in [9.17, 15) is 5.11 Å². The molecule has 0 radical (unpaired) electrons. The molecule has 4 bridgehead atoms. The van der Waals surface area contributed by atoms with E-state index < -0.39 is 18.1 Å². The first kappa shape index (κ1) is 23.1. The van der Waals surface area contributed by atoms with Gasteiger partial charge >= 0.3 is 0 Å². The second kappa shape index (κ2) is 8.22. The van der Waals surface area contributed by atoms with Gasteiger partial charge in [-0.2, -0.15) is 0 Å². The molecule has 5 aliphatic carbocycles. The fourth-order valence-electron chi connectivity index (χ4n) is 9.53. The Kier molecular flexibility index (Phi) is 4.88. The molecule has 10 rings (SSSR count). The third kappa shape index (κ3) is 3.49. The van der Waals surface area contributed by atoms with Gasteiger partial charge in [0.2, 0.25) is 0 Å². The third-order valence-corrected chi connectivity index (χ3v) is 10.6. The lowest BCUT2D eigenvalue weighted by Gasteiger charge is -2.57. The van der Waals surface area contributed by atoms with Gasteiger partial charge in [-0.1, -0.05) is 24.3 Å². The number of nitrogens with one attached hydrogen (secondary N) is 1. The molecule has 2 unspecified atom stereocenters. The van der Waals surface area contributed by atoms with E-state index in [2.05, 4.69) is 39.6 Å². The van der Waals surface area contributed by atoms with Crippen molar-refractivity contribution in [1.82, 2.24) is 19.5 Å². The molecule has 2 saturated heterocycles. The molecule has 2 N–H and O–H groups in total. The summed E-state index contributed by atoms with van der Waals surface area (Å²) in [7, 11) is 0. The first-order valence-electron chi connectivity index (χ1n) is 14.7. The summed E-state index contributed by atoms with van der Waals surface area (Å²) in [4.78, 5) is 14.0. The van der Waals surface area contributed by atoms with Crippen molar-refractivity contribution in [2.75, 3.05) is 18.5 Å². The van der Waals surface area contributed by atoms with E-state index in [-0.39, 0.29) is 18.8 Å². The highest BCUT2D eigenvalue weighted by Crippen LogP contribution is 2.60. The normalized spacial score (nSPS) is 39.1. The summed E-state index contributed by atoms with van der Waals surface area (Å²) >= 11 is 0. The fraction of sp³-hybridized carbons (Fsp3) is 0.633. The van der Waals surface area contributed by atoms with E-state index in [4.69, 9.17) is 19.2 Å². The lowest BCUT2D eigenvalue weighted by Crippen LogP contribution is -2.49. The van der Waals surface area contributed by atoms with Gasteiger partial charge in [0.15, 0.2) is 29.0 Å². The summed E-state index contributed by atoms with van der Waals surface area (Å²) in [6.07, 6.45) is 11.5. The summed E-state index contributed by atoms with van der Waals surface area (Å²) in [5.41, 5.74) is 4.36. The SMILES string of the molecule is OC[C@H]1O[C@@H](n2cnc3c(NCC45CC6CC(CC(C6)C4)C5)ncnc32)C2OC3(Cc4ccccc4C3)OC21. The molecule has 39 heavy (non-hydrogen) atoms. The van der Waals surface area contributed by atoms with Crippen LogP contribution in [0.2, 0.25) is 0 Å². The quantitative estimate of drug-likeness (QED) is 0.517. The van der Waals surface area contributed by atoms with Gasteiger partial charge in [0.1, 0.15) is 24.6 Å². The molecule has 1 aromatic carbocycles. The molecule has 7 aliphatic rings. The summed E-state index contributed by atoms with van der Waals surface area (Å²) in [5.74, 6) is 2.82. The predicted molar refractivity (Wildman–Crippen MR) is 142 cm³/mol. The van der Waals surface area contributed by atoms with Crippen molar-refractivity contribution in [3.05, 3.63) is 48.0 Å². The summed E-state index contributed by atoms with van der Waals surface area (Å²) in [6, 6.07) is 8.39. The van der Waals surface area contributed by atoms with E-state index >= 15 is 0 Å². The van der Waals surface area contributed by atoms with Crippen LogP contribution in [0.5, 0.6) is 0 Å². The Hall–Kier alpha value is -2.59. The smallest absolute Gasteiger partial charge is 0.177 e. The zero-order valence-electron chi connectivity index (χ0n) is 22.0. The van der Waals surface area contributed by atoms with Gasteiger partial charge in [-0.05, 0) is 72.8 Å². The van der Waals surface area contributed by atoms with Gasteiger partial charge in [0.05, 0.1) is 12.9 Å². The lowest BCUT2D eigenvalue weighted by atomic mass is 9.49. The summed E-state index contributed by atoms with van der Waals surface area (Å²) < 4.78 is 21.5. The first-order valence-corrected chi connectivity index (χ1v) is 14.7. The van der Waals surface area contributed by atoms with Gasteiger partial charge in [0.25, 0.3) is 0 Å². The zero-order chi connectivity index (χ0) is 25.8. The Balaban J connectivity index is 0.989. The molecule has 2 aromatic heterocycles. The van der Waals surface area contributed by atoms with Crippen molar-refractivity contribution in [3.63, 3.8) is 0 Å². The highest BCUT2D eigenvalue weighted by molar-refractivity contribution is 5.82. The summed E-state index contributed by atoms with van der Waals surface area (Å²) in [5, 5.41) is 13.9. The van der Waals surface area contributed by atoms with Crippen LogP contribution in [0.4, 0.5) is 5.82 Å². The number of imidazole rings is 1. The number of fused-ring (bicyclic) bond motifs is 3. The molecular weight excluding hydrogens is 494 g/mol. The van der Waals surface area contributed by atoms with Crippen molar-refractivity contribution >= 4 is 17.0 Å². The molecule has 4 atom stereocenters. The van der Waals surface area contributed by atoms with Crippen LogP contribution in [-0.2, 0) is 27.1 Å². The lowest BCUT2D eigenvalue weighted by molar-refractivity contribution is -0.213. The van der Waals surface area contributed by atoms with Crippen LogP contribution in [0.1, 0.15) is 55.9 Å². The standard InChI is InChI=1S/C30H35N5O4/c36-13-22-24-25(39-30(38-24)11-20-3-1-2-4-21(20)12-30)28(37-22)35-16-34-23-26(32-15-33-27(23)35)31-14-29-8-17-5-18(9-29)7-19(6-17)10-29/h1-4,15-19,22,24-25,28,36H,5-14H2,(H,31,32,33)/t17?,18?,19?,22-,24?,25?,28-,29?/m1/s1. The van der Waals surface area contributed by atoms with Gasteiger partial charge in [-0.3, -0.25) is 4.57 Å². The second-order valence-electron chi connectivity index (χ2n) is 13.3. The molecule has 9 heteroatoms. The molecule has 6 fully saturated rings. The number of hydrogen-bond acceptors (Lipinski definition) is 8. The Morgan fingerprint density at radius 1 is 0.923 bits per heavy atom. The maximum absolute atomic E-state index is 10.2. The minimum absolute atomic E-state index is 0.135. The highest BCUT2D eigenvalue weighted by Gasteiger charge is 2.60. The third-order valence-electron chi connectivity index (χ3n) is 10.6. The number of nitrogens with zero attached hydrogens (tertiary/aromatic N) is 4. The van der Waals surface area contributed by atoms with Crippen molar-refractivity contribution in [3.8, 4) is 0 Å². The van der Waals surface area contributed by atoms with E-state index in [0.717, 1.165) is 35.6 Å². The van der Waals surface area contributed by atoms with E-state index in [1.807, 2.05) is 4.57 Å². The Morgan fingerprint density at radius 3 is 2.31 bits per heavy atom. The molecule has 0 amide bonds. The Morgan fingerprint density at radius 2 is 1.62 bits per heavy atom. The van der Waals surface area contributed by atoms with Crippen LogP contribution < -0.4 is 5.32 Å². The van der Waals surface area contributed by atoms with E-state index in [0.29, 0.717) is 23.9 Å². The van der Waals surface area contributed by atoms with Crippen molar-refractivity contribution in [1.29, 1.82) is 0 Å². The molecule has 204 valence electrons. The van der Waals surface area contributed by atoms with Gasteiger partial charge in [-0.25, -0.2) is 15.0 Å². The van der Waals surface area contributed by atoms with Gasteiger partial charge < -0.3 is 24.6 Å². The second-order valence-corrected chi connectivity index (χ2v) is 13.3. The molecular formula is C30H35N5O4. The van der Waals surface area contributed by atoms with Crippen LogP contribution in [0.3, 0.4) is 0 Å². The van der Waals surface area contributed by atoms with Crippen molar-refractivity contribution in [2.24, 2.45) is 23.2 Å². The van der Waals surface area contributed by atoms with Crippen LogP contribution in [-0.4, -0.2) is 61.9 Å². The maximum atomic E-state index is 10.2. The number of rotatable bonds is 5. The Bertz CT molecular complexity index is 1380. The van der Waals surface area contributed by atoms with Crippen LogP contribution in [0.25, 0.3) is 11.2 Å². The summed E-state index contributed by atoms with van der Waals surface area (Å²) in [6.45, 7) is 0.816. The van der Waals surface area contributed by atoms with E-state index in [1.165, 1.54) is 49.7 Å². The van der Waals surface area contributed by atoms with Gasteiger partial charge in [0, 0.05) is 19.4 Å². The number of aliphatic hydroxyl groups is 1. The van der Waals surface area contributed by atoms with Crippen molar-refractivity contribution < 1.29 is 19.3 Å². The molecule has 4 heterocycles. The number of ether oxygens (including phenoxy) is 3. The largest absolute Gasteiger partial charge is 0.394 e.